The lowest BCUT2D eigenvalue weighted by Crippen LogP contribution is -2.29. The minimum absolute atomic E-state index is 0.459. The largest absolute Gasteiger partial charge is 0.439 e. The highest BCUT2D eigenvalue weighted by molar-refractivity contribution is 5.65. The standard InChI is InChI=1S/C11H16N2O2/c1-11(2,15-10(13)14)9-5-3-4-8(6-9)7-12/h3-6H,7,12H2,1-2H3,(H2,13,14). The van der Waals surface area contributed by atoms with Crippen molar-refractivity contribution in [3.63, 3.8) is 0 Å². The molecule has 0 unspecified atom stereocenters. The van der Waals surface area contributed by atoms with E-state index >= 15 is 0 Å². The number of nitrogens with two attached hydrogens (primary N) is 2. The molecule has 0 bridgehead atoms. The van der Waals surface area contributed by atoms with Gasteiger partial charge in [-0.05, 0) is 25.0 Å². The van der Waals surface area contributed by atoms with E-state index in [4.69, 9.17) is 16.2 Å². The number of amides is 1. The van der Waals surface area contributed by atoms with E-state index < -0.39 is 11.7 Å². The van der Waals surface area contributed by atoms with Gasteiger partial charge in [-0.2, -0.15) is 0 Å². The van der Waals surface area contributed by atoms with Crippen molar-refractivity contribution in [1.29, 1.82) is 0 Å². The summed E-state index contributed by atoms with van der Waals surface area (Å²) in [7, 11) is 0. The number of rotatable bonds is 3. The Morgan fingerprint density at radius 1 is 1.47 bits per heavy atom. The van der Waals surface area contributed by atoms with Crippen molar-refractivity contribution < 1.29 is 9.53 Å². The van der Waals surface area contributed by atoms with Gasteiger partial charge in [-0.1, -0.05) is 24.3 Å². The number of ether oxygens (including phenoxy) is 1. The zero-order valence-electron chi connectivity index (χ0n) is 8.99. The smallest absolute Gasteiger partial charge is 0.405 e. The van der Waals surface area contributed by atoms with Gasteiger partial charge < -0.3 is 16.2 Å². The molecular formula is C11H16N2O2. The Bertz CT molecular complexity index is 361. The van der Waals surface area contributed by atoms with E-state index in [9.17, 15) is 4.79 Å². The van der Waals surface area contributed by atoms with Crippen molar-refractivity contribution in [3.05, 3.63) is 35.4 Å². The first-order chi connectivity index (χ1) is 6.95. The van der Waals surface area contributed by atoms with Gasteiger partial charge in [0.15, 0.2) is 0 Å². The summed E-state index contributed by atoms with van der Waals surface area (Å²) in [6, 6.07) is 7.58. The fraction of sp³-hybridized carbons (Fsp3) is 0.364. The molecule has 0 saturated heterocycles. The third-order valence-electron chi connectivity index (χ3n) is 2.21. The highest BCUT2D eigenvalue weighted by Crippen LogP contribution is 2.25. The van der Waals surface area contributed by atoms with Crippen LogP contribution in [0.4, 0.5) is 4.79 Å². The van der Waals surface area contributed by atoms with Crippen LogP contribution in [0.25, 0.3) is 0 Å². The average Bonchev–Trinajstić information content (AvgIpc) is 2.16. The zero-order chi connectivity index (χ0) is 11.5. The second kappa shape index (κ2) is 4.31. The molecule has 0 aliphatic heterocycles. The number of primary amides is 1. The summed E-state index contributed by atoms with van der Waals surface area (Å²) < 4.78 is 5.02. The molecule has 0 fully saturated rings. The first-order valence-corrected chi connectivity index (χ1v) is 4.73. The predicted octanol–water partition coefficient (Wildman–Crippen LogP) is 1.48. The highest BCUT2D eigenvalue weighted by atomic mass is 16.6. The third-order valence-corrected chi connectivity index (χ3v) is 2.21. The van der Waals surface area contributed by atoms with Crippen molar-refractivity contribution in [2.24, 2.45) is 11.5 Å². The Kier molecular flexibility index (Phi) is 3.31. The molecule has 0 aliphatic carbocycles. The van der Waals surface area contributed by atoms with Crippen molar-refractivity contribution in [1.82, 2.24) is 0 Å². The number of hydrogen-bond acceptors (Lipinski definition) is 3. The van der Waals surface area contributed by atoms with Gasteiger partial charge in [0, 0.05) is 6.54 Å². The van der Waals surface area contributed by atoms with Crippen LogP contribution in [0, 0.1) is 0 Å². The van der Waals surface area contributed by atoms with Gasteiger partial charge in [0.2, 0.25) is 0 Å². The molecule has 15 heavy (non-hydrogen) atoms. The van der Waals surface area contributed by atoms with E-state index in [1.165, 1.54) is 0 Å². The van der Waals surface area contributed by atoms with E-state index in [-0.39, 0.29) is 0 Å². The molecule has 4 N–H and O–H groups in total. The molecule has 0 radical (unpaired) electrons. The Hall–Kier alpha value is -1.55. The van der Waals surface area contributed by atoms with Gasteiger partial charge in [-0.3, -0.25) is 0 Å². The summed E-state index contributed by atoms with van der Waals surface area (Å²) >= 11 is 0. The maximum absolute atomic E-state index is 10.7. The lowest BCUT2D eigenvalue weighted by atomic mass is 9.96. The second-order valence-electron chi connectivity index (χ2n) is 3.84. The molecule has 1 rings (SSSR count). The minimum atomic E-state index is -0.779. The summed E-state index contributed by atoms with van der Waals surface area (Å²) in [4.78, 5) is 10.7. The van der Waals surface area contributed by atoms with Gasteiger partial charge in [-0.25, -0.2) is 4.79 Å². The molecule has 0 aliphatic rings. The van der Waals surface area contributed by atoms with Gasteiger partial charge in [-0.15, -0.1) is 0 Å². The minimum Gasteiger partial charge on any atom is -0.439 e. The van der Waals surface area contributed by atoms with Crippen molar-refractivity contribution in [2.75, 3.05) is 0 Å². The molecule has 4 nitrogen and oxygen atoms in total. The van der Waals surface area contributed by atoms with E-state index in [1.54, 1.807) is 13.8 Å². The maximum atomic E-state index is 10.7. The second-order valence-corrected chi connectivity index (χ2v) is 3.84. The summed E-state index contributed by atoms with van der Waals surface area (Å²) in [6.45, 7) is 4.03. The molecule has 1 aromatic carbocycles. The predicted molar refractivity (Wildman–Crippen MR) is 58.0 cm³/mol. The molecule has 4 heteroatoms. The first-order valence-electron chi connectivity index (χ1n) is 4.73. The van der Waals surface area contributed by atoms with Crippen LogP contribution < -0.4 is 11.5 Å². The van der Waals surface area contributed by atoms with Crippen LogP contribution in [0.3, 0.4) is 0 Å². The Balaban J connectivity index is 2.98. The van der Waals surface area contributed by atoms with Crippen LogP contribution in [-0.2, 0) is 16.9 Å². The normalized spacial score (nSPS) is 11.1. The molecule has 1 amide bonds. The third kappa shape index (κ3) is 2.95. The summed E-state index contributed by atoms with van der Waals surface area (Å²) in [5.74, 6) is 0. The van der Waals surface area contributed by atoms with Gasteiger partial charge in [0.1, 0.15) is 5.60 Å². The van der Waals surface area contributed by atoms with E-state index in [0.717, 1.165) is 11.1 Å². The fourth-order valence-electron chi connectivity index (χ4n) is 1.38. The van der Waals surface area contributed by atoms with Crippen LogP contribution in [-0.4, -0.2) is 6.09 Å². The van der Waals surface area contributed by atoms with Crippen molar-refractivity contribution >= 4 is 6.09 Å². The zero-order valence-corrected chi connectivity index (χ0v) is 8.99. The molecule has 1 aromatic rings. The number of carbonyl (C=O) groups excluding carboxylic acids is 1. The van der Waals surface area contributed by atoms with Crippen LogP contribution >= 0.6 is 0 Å². The molecule has 0 aromatic heterocycles. The monoisotopic (exact) mass is 208 g/mol. The first kappa shape index (κ1) is 11.5. The van der Waals surface area contributed by atoms with Crippen molar-refractivity contribution in [2.45, 2.75) is 26.0 Å². The summed E-state index contributed by atoms with van der Waals surface area (Å²) in [5.41, 5.74) is 11.7. The molecular weight excluding hydrogens is 192 g/mol. The number of hydrogen-bond donors (Lipinski definition) is 2. The Morgan fingerprint density at radius 3 is 2.67 bits per heavy atom. The molecule has 0 heterocycles. The van der Waals surface area contributed by atoms with Crippen LogP contribution in [0.2, 0.25) is 0 Å². The lowest BCUT2D eigenvalue weighted by molar-refractivity contribution is 0.0432. The summed E-state index contributed by atoms with van der Waals surface area (Å²) in [6.07, 6.45) is -0.779. The summed E-state index contributed by atoms with van der Waals surface area (Å²) in [5, 5.41) is 0. The van der Waals surface area contributed by atoms with Crippen LogP contribution in [0.15, 0.2) is 24.3 Å². The average molecular weight is 208 g/mol. The van der Waals surface area contributed by atoms with Crippen molar-refractivity contribution in [3.8, 4) is 0 Å². The molecule has 82 valence electrons. The molecule has 0 spiro atoms. The fourth-order valence-corrected chi connectivity index (χ4v) is 1.38. The molecule has 0 atom stereocenters. The number of benzene rings is 1. The van der Waals surface area contributed by atoms with Crippen LogP contribution in [0.1, 0.15) is 25.0 Å². The number of carbonyl (C=O) groups is 1. The van der Waals surface area contributed by atoms with E-state index in [0.29, 0.717) is 6.54 Å². The quantitative estimate of drug-likeness (QED) is 0.789. The SMILES string of the molecule is CC(C)(OC(N)=O)c1cccc(CN)c1. The lowest BCUT2D eigenvalue weighted by Gasteiger charge is -2.24. The van der Waals surface area contributed by atoms with Gasteiger partial charge in [0.05, 0.1) is 0 Å². The Labute approximate surface area is 89.2 Å². The topological polar surface area (TPSA) is 78.3 Å². The highest BCUT2D eigenvalue weighted by Gasteiger charge is 2.24. The van der Waals surface area contributed by atoms with E-state index in [1.807, 2.05) is 24.3 Å². The Morgan fingerprint density at radius 2 is 2.13 bits per heavy atom. The molecule has 0 saturated carbocycles. The van der Waals surface area contributed by atoms with Gasteiger partial charge in [0.25, 0.3) is 0 Å². The van der Waals surface area contributed by atoms with Gasteiger partial charge >= 0.3 is 6.09 Å². The maximum Gasteiger partial charge on any atom is 0.405 e. The van der Waals surface area contributed by atoms with Crippen LogP contribution in [0.5, 0.6) is 0 Å². The van der Waals surface area contributed by atoms with E-state index in [2.05, 4.69) is 0 Å².